The number of hydrogen-bond donors (Lipinski definition) is 1. The van der Waals surface area contributed by atoms with Crippen LogP contribution < -0.4 is 5.32 Å². The third kappa shape index (κ3) is 2.89. The lowest BCUT2D eigenvalue weighted by atomic mass is 9.65. The summed E-state index contributed by atoms with van der Waals surface area (Å²) in [5.74, 6) is 2.74. The Hall–Kier alpha value is -0.530. The van der Waals surface area contributed by atoms with Crippen LogP contribution in [0.1, 0.15) is 56.6 Å². The lowest BCUT2D eigenvalue weighted by Gasteiger charge is -2.42. The minimum Gasteiger partial charge on any atom is -0.313 e. The van der Waals surface area contributed by atoms with E-state index in [9.17, 15) is 0 Å². The van der Waals surface area contributed by atoms with Crippen LogP contribution in [0.3, 0.4) is 0 Å². The average molecular weight is 292 g/mol. The molecule has 1 aromatic carbocycles. The SMILES string of the molecule is CNC(c1ccccc1Cl)C1CCC2CCCCC2C1. The molecule has 20 heavy (non-hydrogen) atoms. The maximum atomic E-state index is 6.41. The first kappa shape index (κ1) is 14.4. The number of rotatable bonds is 3. The van der Waals surface area contributed by atoms with Crippen LogP contribution >= 0.6 is 11.6 Å². The van der Waals surface area contributed by atoms with E-state index in [0.29, 0.717) is 6.04 Å². The van der Waals surface area contributed by atoms with Crippen LogP contribution in [0.4, 0.5) is 0 Å². The number of hydrogen-bond acceptors (Lipinski definition) is 1. The quantitative estimate of drug-likeness (QED) is 0.806. The molecule has 0 aromatic heterocycles. The molecule has 0 aliphatic heterocycles. The van der Waals surface area contributed by atoms with Crippen LogP contribution in [0, 0.1) is 17.8 Å². The molecule has 2 aliphatic carbocycles. The van der Waals surface area contributed by atoms with Gasteiger partial charge in [0.05, 0.1) is 0 Å². The molecule has 4 atom stereocenters. The molecule has 2 heteroatoms. The zero-order chi connectivity index (χ0) is 13.9. The summed E-state index contributed by atoms with van der Waals surface area (Å²) in [6.07, 6.45) is 10.0. The van der Waals surface area contributed by atoms with Gasteiger partial charge in [-0.1, -0.05) is 55.5 Å². The highest BCUT2D eigenvalue weighted by atomic mass is 35.5. The van der Waals surface area contributed by atoms with Gasteiger partial charge in [0.2, 0.25) is 0 Å². The highest BCUT2D eigenvalue weighted by Crippen LogP contribution is 2.46. The smallest absolute Gasteiger partial charge is 0.0453 e. The lowest BCUT2D eigenvalue weighted by molar-refractivity contribution is 0.111. The van der Waals surface area contributed by atoms with Gasteiger partial charge in [-0.3, -0.25) is 0 Å². The topological polar surface area (TPSA) is 12.0 Å². The van der Waals surface area contributed by atoms with E-state index in [1.807, 2.05) is 12.1 Å². The second-order valence-corrected chi connectivity index (χ2v) is 7.07. The maximum Gasteiger partial charge on any atom is 0.0453 e. The van der Waals surface area contributed by atoms with Gasteiger partial charge in [-0.15, -0.1) is 0 Å². The molecule has 0 radical (unpaired) electrons. The van der Waals surface area contributed by atoms with Crippen LogP contribution in [-0.2, 0) is 0 Å². The summed E-state index contributed by atoms with van der Waals surface area (Å²) in [4.78, 5) is 0. The average Bonchev–Trinajstić information content (AvgIpc) is 2.50. The van der Waals surface area contributed by atoms with Crippen molar-refractivity contribution in [3.8, 4) is 0 Å². The first-order valence-electron chi connectivity index (χ1n) is 8.21. The van der Waals surface area contributed by atoms with E-state index < -0.39 is 0 Å². The lowest BCUT2D eigenvalue weighted by Crippen LogP contribution is -2.34. The van der Waals surface area contributed by atoms with Gasteiger partial charge in [-0.05, 0) is 55.7 Å². The van der Waals surface area contributed by atoms with Crippen molar-refractivity contribution in [3.63, 3.8) is 0 Å². The molecule has 0 saturated heterocycles. The second-order valence-electron chi connectivity index (χ2n) is 6.67. The first-order chi connectivity index (χ1) is 9.79. The fourth-order valence-electron chi connectivity index (χ4n) is 4.58. The van der Waals surface area contributed by atoms with Gasteiger partial charge in [0.15, 0.2) is 0 Å². The Morgan fingerprint density at radius 2 is 1.80 bits per heavy atom. The zero-order valence-corrected chi connectivity index (χ0v) is 13.2. The fourth-order valence-corrected chi connectivity index (χ4v) is 4.84. The van der Waals surface area contributed by atoms with Crippen LogP contribution in [0.5, 0.6) is 0 Å². The number of fused-ring (bicyclic) bond motifs is 1. The number of nitrogens with one attached hydrogen (secondary N) is 1. The van der Waals surface area contributed by atoms with Gasteiger partial charge in [0.1, 0.15) is 0 Å². The van der Waals surface area contributed by atoms with Crippen molar-refractivity contribution in [2.24, 2.45) is 17.8 Å². The molecule has 2 fully saturated rings. The third-order valence-corrected chi connectivity index (χ3v) is 5.95. The highest BCUT2D eigenvalue weighted by molar-refractivity contribution is 6.31. The molecule has 0 spiro atoms. The molecule has 4 unspecified atom stereocenters. The summed E-state index contributed by atoms with van der Waals surface area (Å²) in [6, 6.07) is 8.77. The van der Waals surface area contributed by atoms with Crippen molar-refractivity contribution in [3.05, 3.63) is 34.9 Å². The Balaban J connectivity index is 1.75. The molecule has 3 rings (SSSR count). The molecule has 1 N–H and O–H groups in total. The summed E-state index contributed by atoms with van der Waals surface area (Å²) in [6.45, 7) is 0. The fraction of sp³-hybridized carbons (Fsp3) is 0.667. The predicted octanol–water partition coefficient (Wildman–Crippen LogP) is 5.21. The largest absolute Gasteiger partial charge is 0.313 e. The molecule has 2 saturated carbocycles. The minimum absolute atomic E-state index is 0.423. The maximum absolute atomic E-state index is 6.41. The number of halogens is 1. The van der Waals surface area contributed by atoms with Crippen molar-refractivity contribution in [2.75, 3.05) is 7.05 Å². The minimum atomic E-state index is 0.423. The standard InChI is InChI=1S/C18H26ClN/c1-20-18(16-8-4-5-9-17(16)19)15-11-10-13-6-2-3-7-14(13)12-15/h4-5,8-9,13-15,18,20H,2-3,6-7,10-12H2,1H3. The molecule has 110 valence electrons. The third-order valence-electron chi connectivity index (χ3n) is 5.60. The second kappa shape index (κ2) is 6.49. The first-order valence-corrected chi connectivity index (χ1v) is 8.59. The van der Waals surface area contributed by atoms with E-state index in [-0.39, 0.29) is 0 Å². The van der Waals surface area contributed by atoms with E-state index in [1.54, 1.807) is 0 Å². The van der Waals surface area contributed by atoms with Crippen LogP contribution in [0.25, 0.3) is 0 Å². The molecular formula is C18H26ClN. The molecule has 1 aromatic rings. The Morgan fingerprint density at radius 3 is 2.55 bits per heavy atom. The molecule has 0 bridgehead atoms. The van der Waals surface area contributed by atoms with Crippen molar-refractivity contribution < 1.29 is 0 Å². The van der Waals surface area contributed by atoms with Gasteiger partial charge >= 0.3 is 0 Å². The van der Waals surface area contributed by atoms with Crippen LogP contribution in [0.15, 0.2) is 24.3 Å². The van der Waals surface area contributed by atoms with Gasteiger partial charge in [0, 0.05) is 11.1 Å². The van der Waals surface area contributed by atoms with Crippen LogP contribution in [0.2, 0.25) is 5.02 Å². The molecular weight excluding hydrogens is 266 g/mol. The Kier molecular flexibility index (Phi) is 4.68. The van der Waals surface area contributed by atoms with Gasteiger partial charge in [0.25, 0.3) is 0 Å². The Morgan fingerprint density at radius 1 is 1.05 bits per heavy atom. The van der Waals surface area contributed by atoms with E-state index in [2.05, 4.69) is 24.5 Å². The number of benzene rings is 1. The molecule has 1 nitrogen and oxygen atoms in total. The zero-order valence-electron chi connectivity index (χ0n) is 12.4. The summed E-state index contributed by atoms with van der Waals surface area (Å²) in [5, 5.41) is 4.45. The predicted molar refractivity (Wildman–Crippen MR) is 86.0 cm³/mol. The summed E-state index contributed by atoms with van der Waals surface area (Å²) in [7, 11) is 2.08. The van der Waals surface area contributed by atoms with Gasteiger partial charge < -0.3 is 5.32 Å². The van der Waals surface area contributed by atoms with Gasteiger partial charge in [-0.2, -0.15) is 0 Å². The van der Waals surface area contributed by atoms with Crippen molar-refractivity contribution in [2.45, 2.75) is 51.0 Å². The highest BCUT2D eigenvalue weighted by Gasteiger charge is 2.35. The molecule has 0 heterocycles. The molecule has 0 amide bonds. The summed E-state index contributed by atoms with van der Waals surface area (Å²) < 4.78 is 0. The van der Waals surface area contributed by atoms with E-state index in [1.165, 1.54) is 50.5 Å². The molecule has 2 aliphatic rings. The normalized spacial score (nSPS) is 31.6. The summed E-state index contributed by atoms with van der Waals surface area (Å²) >= 11 is 6.41. The van der Waals surface area contributed by atoms with E-state index in [4.69, 9.17) is 11.6 Å². The summed E-state index contributed by atoms with van der Waals surface area (Å²) in [5.41, 5.74) is 1.29. The van der Waals surface area contributed by atoms with Crippen molar-refractivity contribution in [1.29, 1.82) is 0 Å². The van der Waals surface area contributed by atoms with Gasteiger partial charge in [-0.25, -0.2) is 0 Å². The van der Waals surface area contributed by atoms with Crippen molar-refractivity contribution in [1.82, 2.24) is 5.32 Å². The Bertz CT molecular complexity index is 445. The Labute approximate surface area is 128 Å². The monoisotopic (exact) mass is 291 g/mol. The van der Waals surface area contributed by atoms with Crippen molar-refractivity contribution >= 4 is 11.6 Å². The van der Waals surface area contributed by atoms with E-state index >= 15 is 0 Å². The van der Waals surface area contributed by atoms with Crippen LogP contribution in [-0.4, -0.2) is 7.05 Å². The van der Waals surface area contributed by atoms with E-state index in [0.717, 1.165) is 22.8 Å².